The van der Waals surface area contributed by atoms with Crippen LogP contribution in [0.2, 0.25) is 0 Å². The van der Waals surface area contributed by atoms with E-state index in [-0.39, 0.29) is 5.91 Å². The molecule has 0 saturated heterocycles. The van der Waals surface area contributed by atoms with E-state index in [0.717, 1.165) is 5.56 Å². The Bertz CT molecular complexity index is 608. The van der Waals surface area contributed by atoms with Gasteiger partial charge in [0.2, 0.25) is 5.91 Å². The number of anilines is 1. The number of nitrogens with one attached hydrogen (secondary N) is 1. The summed E-state index contributed by atoms with van der Waals surface area (Å²) in [6.07, 6.45) is 3.19. The van der Waals surface area contributed by atoms with Gasteiger partial charge in [0.15, 0.2) is 0 Å². The highest BCUT2D eigenvalue weighted by Gasteiger charge is 2.05. The third-order valence-corrected chi connectivity index (χ3v) is 3.08. The maximum Gasteiger partial charge on any atom is 0.249 e. The molecule has 18 heavy (non-hydrogen) atoms. The lowest BCUT2D eigenvalue weighted by Gasteiger charge is -1.98. The second-order valence-electron chi connectivity index (χ2n) is 3.51. The zero-order chi connectivity index (χ0) is 12.8. The van der Waals surface area contributed by atoms with Crippen LogP contribution in [0.4, 0.5) is 5.00 Å². The first kappa shape index (κ1) is 12.1. The topological polar surface area (TPSA) is 52.9 Å². The van der Waals surface area contributed by atoms with Crippen molar-refractivity contribution < 1.29 is 4.79 Å². The highest BCUT2D eigenvalue weighted by molar-refractivity contribution is 7.14. The van der Waals surface area contributed by atoms with Gasteiger partial charge in [0.1, 0.15) is 11.1 Å². The van der Waals surface area contributed by atoms with Crippen molar-refractivity contribution in [2.24, 2.45) is 0 Å². The molecule has 0 radical (unpaired) electrons. The molecule has 1 heterocycles. The number of carbonyl (C=O) groups excluding carboxylic acids is 1. The monoisotopic (exact) mass is 254 g/mol. The zero-order valence-corrected chi connectivity index (χ0v) is 10.3. The summed E-state index contributed by atoms with van der Waals surface area (Å²) < 4.78 is 0. The minimum Gasteiger partial charge on any atom is -0.313 e. The van der Waals surface area contributed by atoms with Crippen LogP contribution < -0.4 is 5.32 Å². The fourth-order valence-electron chi connectivity index (χ4n) is 1.38. The number of thiophene rings is 1. The predicted molar refractivity (Wildman–Crippen MR) is 73.1 cm³/mol. The standard InChI is InChI=1S/C14H10N2OS/c15-10-12-8-9-18-14(12)16-13(17)7-6-11-4-2-1-3-5-11/h1-9H,(H,16,17)/b7-6+. The molecule has 0 unspecified atom stereocenters. The lowest BCUT2D eigenvalue weighted by molar-refractivity contribution is -0.111. The molecule has 2 rings (SSSR count). The van der Waals surface area contributed by atoms with Gasteiger partial charge in [-0.25, -0.2) is 0 Å². The molecule has 88 valence electrons. The Balaban J connectivity index is 2.02. The molecule has 0 aliphatic rings. The summed E-state index contributed by atoms with van der Waals surface area (Å²) in [7, 11) is 0. The average molecular weight is 254 g/mol. The Hall–Kier alpha value is -2.38. The van der Waals surface area contributed by atoms with Crippen LogP contribution in [-0.2, 0) is 4.79 Å². The molecule has 1 amide bonds. The number of amides is 1. The number of nitriles is 1. The van der Waals surface area contributed by atoms with Gasteiger partial charge in [-0.3, -0.25) is 4.79 Å². The second kappa shape index (κ2) is 5.80. The Morgan fingerprint density at radius 1 is 1.28 bits per heavy atom. The number of nitrogens with zero attached hydrogens (tertiary/aromatic N) is 1. The van der Waals surface area contributed by atoms with E-state index < -0.39 is 0 Å². The van der Waals surface area contributed by atoms with Crippen LogP contribution in [0.1, 0.15) is 11.1 Å². The van der Waals surface area contributed by atoms with Crippen molar-refractivity contribution in [2.45, 2.75) is 0 Å². The number of carbonyl (C=O) groups is 1. The smallest absolute Gasteiger partial charge is 0.249 e. The van der Waals surface area contributed by atoms with Crippen LogP contribution >= 0.6 is 11.3 Å². The van der Waals surface area contributed by atoms with E-state index in [9.17, 15) is 4.79 Å². The largest absolute Gasteiger partial charge is 0.313 e. The highest BCUT2D eigenvalue weighted by atomic mass is 32.1. The van der Waals surface area contributed by atoms with Crippen molar-refractivity contribution in [3.63, 3.8) is 0 Å². The van der Waals surface area contributed by atoms with Crippen molar-refractivity contribution >= 4 is 28.3 Å². The van der Waals surface area contributed by atoms with Crippen molar-refractivity contribution in [1.82, 2.24) is 0 Å². The average Bonchev–Trinajstić information content (AvgIpc) is 2.85. The molecule has 1 aromatic heterocycles. The van der Waals surface area contributed by atoms with E-state index in [1.807, 2.05) is 36.4 Å². The molecule has 0 spiro atoms. The molecule has 0 saturated carbocycles. The lowest BCUT2D eigenvalue weighted by Crippen LogP contribution is -2.07. The first-order valence-corrected chi connectivity index (χ1v) is 6.19. The molecular weight excluding hydrogens is 244 g/mol. The van der Waals surface area contributed by atoms with E-state index in [2.05, 4.69) is 5.32 Å². The molecule has 1 aromatic carbocycles. The van der Waals surface area contributed by atoms with Crippen molar-refractivity contribution in [3.05, 3.63) is 59.0 Å². The van der Waals surface area contributed by atoms with Crippen LogP contribution in [-0.4, -0.2) is 5.91 Å². The predicted octanol–water partition coefficient (Wildman–Crippen LogP) is 3.27. The van der Waals surface area contributed by atoms with Gasteiger partial charge in [-0.1, -0.05) is 30.3 Å². The zero-order valence-electron chi connectivity index (χ0n) is 9.46. The summed E-state index contributed by atoms with van der Waals surface area (Å²) >= 11 is 1.34. The molecule has 2 aromatic rings. The number of rotatable bonds is 3. The summed E-state index contributed by atoms with van der Waals surface area (Å²) in [5.74, 6) is -0.238. The van der Waals surface area contributed by atoms with E-state index in [4.69, 9.17) is 5.26 Å². The SMILES string of the molecule is N#Cc1ccsc1NC(=O)/C=C/c1ccccc1. The molecule has 0 fully saturated rings. The summed E-state index contributed by atoms with van der Waals surface area (Å²) in [5.41, 5.74) is 1.45. The first-order chi connectivity index (χ1) is 8.79. The van der Waals surface area contributed by atoms with Gasteiger partial charge in [-0.15, -0.1) is 11.3 Å². The van der Waals surface area contributed by atoms with E-state index >= 15 is 0 Å². The first-order valence-electron chi connectivity index (χ1n) is 5.31. The molecule has 0 aliphatic carbocycles. The van der Waals surface area contributed by atoms with Gasteiger partial charge in [0.05, 0.1) is 5.56 Å². The van der Waals surface area contributed by atoms with Gasteiger partial charge >= 0.3 is 0 Å². The summed E-state index contributed by atoms with van der Waals surface area (Å²) in [5, 5.41) is 13.9. The maximum absolute atomic E-state index is 11.7. The van der Waals surface area contributed by atoms with Crippen LogP contribution in [0, 0.1) is 11.3 Å². The second-order valence-corrected chi connectivity index (χ2v) is 4.42. The molecule has 3 nitrogen and oxygen atoms in total. The molecule has 1 N–H and O–H groups in total. The number of benzene rings is 1. The highest BCUT2D eigenvalue weighted by Crippen LogP contribution is 2.21. The molecule has 0 atom stereocenters. The Morgan fingerprint density at radius 3 is 2.78 bits per heavy atom. The molecular formula is C14H10N2OS. The summed E-state index contributed by atoms with van der Waals surface area (Å²) in [6, 6.07) is 13.3. The van der Waals surface area contributed by atoms with Gasteiger partial charge in [-0.2, -0.15) is 5.26 Å². The Labute approximate surface area is 109 Å². The number of hydrogen-bond acceptors (Lipinski definition) is 3. The third-order valence-electron chi connectivity index (χ3n) is 2.25. The fourth-order valence-corrected chi connectivity index (χ4v) is 2.12. The van der Waals surface area contributed by atoms with Gasteiger partial charge in [0, 0.05) is 6.08 Å². The van der Waals surface area contributed by atoms with Gasteiger partial charge < -0.3 is 5.32 Å². The lowest BCUT2D eigenvalue weighted by atomic mass is 10.2. The molecule has 0 bridgehead atoms. The molecule has 0 aliphatic heterocycles. The van der Waals surface area contributed by atoms with Crippen molar-refractivity contribution in [1.29, 1.82) is 5.26 Å². The normalized spacial score (nSPS) is 10.2. The maximum atomic E-state index is 11.7. The fraction of sp³-hybridized carbons (Fsp3) is 0. The number of hydrogen-bond donors (Lipinski definition) is 1. The molecule has 4 heteroatoms. The Kier molecular flexibility index (Phi) is 3.90. The van der Waals surface area contributed by atoms with Crippen LogP contribution in [0.15, 0.2) is 47.9 Å². The van der Waals surface area contributed by atoms with Gasteiger partial charge in [0.25, 0.3) is 0 Å². The quantitative estimate of drug-likeness (QED) is 0.855. The van der Waals surface area contributed by atoms with E-state index in [1.54, 1.807) is 17.5 Å². The van der Waals surface area contributed by atoms with Gasteiger partial charge in [-0.05, 0) is 23.1 Å². The summed E-state index contributed by atoms with van der Waals surface area (Å²) in [6.45, 7) is 0. The van der Waals surface area contributed by atoms with Crippen molar-refractivity contribution in [3.8, 4) is 6.07 Å². The van der Waals surface area contributed by atoms with Crippen LogP contribution in [0.5, 0.6) is 0 Å². The summed E-state index contributed by atoms with van der Waals surface area (Å²) in [4.78, 5) is 11.7. The van der Waals surface area contributed by atoms with E-state index in [1.165, 1.54) is 17.4 Å². The van der Waals surface area contributed by atoms with E-state index in [0.29, 0.717) is 10.6 Å². The minimum atomic E-state index is -0.238. The van der Waals surface area contributed by atoms with Crippen LogP contribution in [0.25, 0.3) is 6.08 Å². The Morgan fingerprint density at radius 2 is 2.06 bits per heavy atom. The van der Waals surface area contributed by atoms with Crippen LogP contribution in [0.3, 0.4) is 0 Å². The van der Waals surface area contributed by atoms with Crippen molar-refractivity contribution in [2.75, 3.05) is 5.32 Å². The third kappa shape index (κ3) is 3.06. The minimum absolute atomic E-state index is 0.238.